The molecule has 7 nitrogen and oxygen atoms in total. The molecule has 1 aliphatic rings. The fraction of sp³-hybridized carbons (Fsp3) is 0.600. The summed E-state index contributed by atoms with van der Waals surface area (Å²) in [5.41, 5.74) is 0.354. The number of methoxy groups -OCH3 is 3. The van der Waals surface area contributed by atoms with Crippen molar-refractivity contribution in [2.45, 2.75) is 39.2 Å². The number of benzene rings is 1. The van der Waals surface area contributed by atoms with Gasteiger partial charge in [-0.3, -0.25) is 9.59 Å². The first-order chi connectivity index (χ1) is 12.9. The number of nitrogens with one attached hydrogen (secondary N) is 1. The van der Waals surface area contributed by atoms with Crippen molar-refractivity contribution in [3.8, 4) is 17.2 Å². The SMILES string of the molecule is COc1cc(C(=O)N[C@H](CC(C)C)C(=O)N2CCCC2)cc(OC)c1OC. The molecule has 7 heteroatoms. The van der Waals surface area contributed by atoms with Crippen LogP contribution >= 0.6 is 0 Å². The van der Waals surface area contributed by atoms with Crippen LogP contribution in [0.25, 0.3) is 0 Å². The first kappa shape index (κ1) is 20.9. The molecule has 0 bridgehead atoms. The molecule has 0 unspecified atom stereocenters. The largest absolute Gasteiger partial charge is 0.493 e. The number of likely N-dealkylation sites (tertiary alicyclic amines) is 1. The van der Waals surface area contributed by atoms with Crippen LogP contribution in [0, 0.1) is 5.92 Å². The molecule has 0 saturated carbocycles. The van der Waals surface area contributed by atoms with Crippen LogP contribution in [0.1, 0.15) is 43.5 Å². The molecule has 0 radical (unpaired) electrons. The normalized spacial score (nSPS) is 14.8. The Morgan fingerprint density at radius 2 is 1.59 bits per heavy atom. The van der Waals surface area contributed by atoms with E-state index in [0.717, 1.165) is 25.9 Å². The third-order valence-electron chi connectivity index (χ3n) is 4.66. The number of nitrogens with zero attached hydrogens (tertiary/aromatic N) is 1. The summed E-state index contributed by atoms with van der Waals surface area (Å²) in [4.78, 5) is 27.5. The summed E-state index contributed by atoms with van der Waals surface area (Å²) in [5.74, 6) is 1.14. The van der Waals surface area contributed by atoms with E-state index in [1.54, 1.807) is 12.1 Å². The predicted molar refractivity (Wildman–Crippen MR) is 103 cm³/mol. The zero-order valence-corrected chi connectivity index (χ0v) is 16.8. The molecule has 1 heterocycles. The Bertz CT molecular complexity index is 643. The van der Waals surface area contributed by atoms with Gasteiger partial charge < -0.3 is 24.4 Å². The van der Waals surface area contributed by atoms with E-state index in [2.05, 4.69) is 5.32 Å². The quantitative estimate of drug-likeness (QED) is 0.752. The Morgan fingerprint density at radius 1 is 1.04 bits per heavy atom. The Labute approximate surface area is 161 Å². The van der Waals surface area contributed by atoms with Crippen LogP contribution in [0.15, 0.2) is 12.1 Å². The van der Waals surface area contributed by atoms with E-state index in [9.17, 15) is 9.59 Å². The van der Waals surface area contributed by atoms with Crippen molar-refractivity contribution in [3.05, 3.63) is 17.7 Å². The lowest BCUT2D eigenvalue weighted by Crippen LogP contribution is -2.48. The molecule has 1 saturated heterocycles. The molecule has 1 aliphatic heterocycles. The van der Waals surface area contributed by atoms with Crippen LogP contribution in [0.2, 0.25) is 0 Å². The van der Waals surface area contributed by atoms with Gasteiger partial charge in [-0.15, -0.1) is 0 Å². The van der Waals surface area contributed by atoms with Crippen LogP contribution in [0.3, 0.4) is 0 Å². The molecule has 27 heavy (non-hydrogen) atoms. The molecule has 1 aromatic carbocycles. The standard InChI is InChI=1S/C20H30N2O5/c1-13(2)10-15(20(24)22-8-6-7-9-22)21-19(23)14-11-16(25-3)18(27-5)17(12-14)26-4/h11-13,15H,6-10H2,1-5H3,(H,21,23)/t15-/m1/s1. The van der Waals surface area contributed by atoms with E-state index < -0.39 is 6.04 Å². The summed E-state index contributed by atoms with van der Waals surface area (Å²) < 4.78 is 15.9. The minimum absolute atomic E-state index is 0.0120. The lowest BCUT2D eigenvalue weighted by atomic mass is 10.0. The zero-order chi connectivity index (χ0) is 20.0. The first-order valence-electron chi connectivity index (χ1n) is 9.30. The second-order valence-electron chi connectivity index (χ2n) is 7.10. The van der Waals surface area contributed by atoms with Gasteiger partial charge in [0.1, 0.15) is 6.04 Å². The van der Waals surface area contributed by atoms with Crippen LogP contribution < -0.4 is 19.5 Å². The highest BCUT2D eigenvalue weighted by Gasteiger charge is 2.29. The van der Waals surface area contributed by atoms with Crippen LogP contribution in [0.5, 0.6) is 17.2 Å². The molecular formula is C20H30N2O5. The van der Waals surface area contributed by atoms with Crippen LogP contribution in [-0.4, -0.2) is 57.2 Å². The van der Waals surface area contributed by atoms with Gasteiger partial charge >= 0.3 is 0 Å². The third-order valence-corrected chi connectivity index (χ3v) is 4.66. The monoisotopic (exact) mass is 378 g/mol. The average molecular weight is 378 g/mol. The molecule has 1 fully saturated rings. The van der Waals surface area contributed by atoms with E-state index in [-0.39, 0.29) is 17.7 Å². The van der Waals surface area contributed by atoms with Crippen molar-refractivity contribution in [2.75, 3.05) is 34.4 Å². The number of amides is 2. The molecule has 1 aromatic rings. The minimum Gasteiger partial charge on any atom is -0.493 e. The lowest BCUT2D eigenvalue weighted by Gasteiger charge is -2.25. The van der Waals surface area contributed by atoms with Gasteiger partial charge in [-0.1, -0.05) is 13.8 Å². The van der Waals surface area contributed by atoms with E-state index in [1.807, 2.05) is 18.7 Å². The summed E-state index contributed by atoms with van der Waals surface area (Å²) >= 11 is 0. The smallest absolute Gasteiger partial charge is 0.252 e. The van der Waals surface area contributed by atoms with Gasteiger partial charge in [0.15, 0.2) is 11.5 Å². The highest BCUT2D eigenvalue weighted by Crippen LogP contribution is 2.38. The van der Waals surface area contributed by atoms with Gasteiger partial charge in [0, 0.05) is 18.7 Å². The number of ether oxygens (including phenoxy) is 3. The summed E-state index contributed by atoms with van der Waals surface area (Å²) in [6.45, 7) is 5.59. The molecule has 2 rings (SSSR count). The van der Waals surface area contributed by atoms with Gasteiger partial charge in [0.05, 0.1) is 21.3 Å². The number of hydrogen-bond acceptors (Lipinski definition) is 5. The van der Waals surface area contributed by atoms with Crippen LogP contribution in [0.4, 0.5) is 0 Å². The summed E-state index contributed by atoms with van der Waals surface area (Å²) in [7, 11) is 4.50. The van der Waals surface area contributed by atoms with Crippen LogP contribution in [-0.2, 0) is 4.79 Å². The molecule has 1 N–H and O–H groups in total. The van der Waals surface area contributed by atoms with E-state index in [1.165, 1.54) is 21.3 Å². The van der Waals surface area contributed by atoms with Gasteiger partial charge in [-0.25, -0.2) is 0 Å². The van der Waals surface area contributed by atoms with Gasteiger partial charge in [0.2, 0.25) is 11.7 Å². The van der Waals surface area contributed by atoms with Crippen molar-refractivity contribution in [3.63, 3.8) is 0 Å². The van der Waals surface area contributed by atoms with Crippen molar-refractivity contribution >= 4 is 11.8 Å². The fourth-order valence-electron chi connectivity index (χ4n) is 3.30. The average Bonchev–Trinajstić information content (AvgIpc) is 3.19. The van der Waals surface area contributed by atoms with E-state index in [0.29, 0.717) is 29.2 Å². The van der Waals surface area contributed by atoms with Crippen molar-refractivity contribution < 1.29 is 23.8 Å². The summed E-state index contributed by atoms with van der Waals surface area (Å²) in [6.07, 6.45) is 2.62. The fourth-order valence-corrected chi connectivity index (χ4v) is 3.30. The van der Waals surface area contributed by atoms with Gasteiger partial charge in [0.25, 0.3) is 5.91 Å². The Kier molecular flexibility index (Phi) is 7.33. The van der Waals surface area contributed by atoms with E-state index >= 15 is 0 Å². The van der Waals surface area contributed by atoms with Gasteiger partial charge in [-0.05, 0) is 37.3 Å². The predicted octanol–water partition coefficient (Wildman–Crippen LogP) is 2.48. The minimum atomic E-state index is -0.547. The zero-order valence-electron chi connectivity index (χ0n) is 16.8. The molecule has 0 spiro atoms. The Balaban J connectivity index is 2.24. The van der Waals surface area contributed by atoms with Gasteiger partial charge in [-0.2, -0.15) is 0 Å². The highest BCUT2D eigenvalue weighted by molar-refractivity contribution is 5.98. The molecule has 2 amide bonds. The second kappa shape index (κ2) is 9.48. The molecular weight excluding hydrogens is 348 g/mol. The number of carbonyl (C=O) groups is 2. The highest BCUT2D eigenvalue weighted by atomic mass is 16.5. The molecule has 0 aliphatic carbocycles. The number of carbonyl (C=O) groups excluding carboxylic acids is 2. The van der Waals surface area contributed by atoms with Crippen molar-refractivity contribution in [1.29, 1.82) is 0 Å². The topological polar surface area (TPSA) is 77.1 Å². The molecule has 1 atom stereocenters. The van der Waals surface area contributed by atoms with Crippen molar-refractivity contribution in [2.24, 2.45) is 5.92 Å². The number of hydrogen-bond donors (Lipinski definition) is 1. The van der Waals surface area contributed by atoms with E-state index in [4.69, 9.17) is 14.2 Å². The first-order valence-corrected chi connectivity index (χ1v) is 9.30. The maximum absolute atomic E-state index is 12.9. The third kappa shape index (κ3) is 5.05. The molecule has 0 aromatic heterocycles. The Hall–Kier alpha value is -2.44. The maximum atomic E-state index is 12.9. The summed E-state index contributed by atoms with van der Waals surface area (Å²) in [6, 6.07) is 2.63. The number of rotatable bonds is 8. The second-order valence-corrected chi connectivity index (χ2v) is 7.10. The lowest BCUT2D eigenvalue weighted by molar-refractivity contribution is -0.132. The Morgan fingerprint density at radius 3 is 2.04 bits per heavy atom. The molecule has 150 valence electrons. The van der Waals surface area contributed by atoms with Crippen molar-refractivity contribution in [1.82, 2.24) is 10.2 Å². The summed E-state index contributed by atoms with van der Waals surface area (Å²) in [5, 5.41) is 2.90. The maximum Gasteiger partial charge on any atom is 0.252 e.